The monoisotopic (exact) mass is 471 g/mol. The topological polar surface area (TPSA) is 115 Å². The van der Waals surface area contributed by atoms with Gasteiger partial charge >= 0.3 is 7.60 Å². The van der Waals surface area contributed by atoms with Crippen LogP contribution >= 0.6 is 7.60 Å². The first-order chi connectivity index (χ1) is 15.6. The van der Waals surface area contributed by atoms with Gasteiger partial charge < -0.3 is 15.1 Å². The van der Waals surface area contributed by atoms with Gasteiger partial charge in [-0.05, 0) is 61.7 Å². The third kappa shape index (κ3) is 4.98. The number of nitrogens with zero attached hydrogens (tertiary/aromatic N) is 1. The summed E-state index contributed by atoms with van der Waals surface area (Å²) in [4.78, 5) is 33.0. The molecule has 0 saturated heterocycles. The molecular formula is C24H27FN3O4P. The van der Waals surface area contributed by atoms with Crippen molar-refractivity contribution in [1.29, 1.82) is 0 Å². The lowest BCUT2D eigenvalue weighted by molar-refractivity contribution is -0.111. The molecule has 0 unspecified atom stereocenters. The predicted molar refractivity (Wildman–Crippen MR) is 127 cm³/mol. The van der Waals surface area contributed by atoms with Crippen LogP contribution in [0.15, 0.2) is 54.6 Å². The highest BCUT2D eigenvalue weighted by atomic mass is 31.2. The van der Waals surface area contributed by atoms with Crippen molar-refractivity contribution in [1.82, 2.24) is 10.2 Å². The number of anilines is 1. The summed E-state index contributed by atoms with van der Waals surface area (Å²) >= 11 is 0. The summed E-state index contributed by atoms with van der Waals surface area (Å²) in [6, 6.07) is 12.6. The maximum Gasteiger partial charge on any atom is 0.336 e. The fraction of sp³-hybridized carbons (Fsp3) is 0.250. The summed E-state index contributed by atoms with van der Waals surface area (Å²) < 4.78 is 25.7. The van der Waals surface area contributed by atoms with E-state index in [9.17, 15) is 23.5 Å². The number of aromatic nitrogens is 2. The number of hydrogen-bond donors (Lipinski definition) is 4. The molecule has 174 valence electrons. The van der Waals surface area contributed by atoms with Crippen molar-refractivity contribution in [3.05, 3.63) is 77.2 Å². The van der Waals surface area contributed by atoms with Crippen LogP contribution in [0.1, 0.15) is 43.5 Å². The highest BCUT2D eigenvalue weighted by Gasteiger charge is 2.46. The lowest BCUT2D eigenvalue weighted by Crippen LogP contribution is -2.26. The normalized spacial score (nSPS) is 12.3. The molecule has 0 saturated carbocycles. The Morgan fingerprint density at radius 1 is 1.15 bits per heavy atom. The Morgan fingerprint density at radius 3 is 2.39 bits per heavy atom. The van der Waals surface area contributed by atoms with Crippen molar-refractivity contribution in [2.24, 2.45) is 0 Å². The van der Waals surface area contributed by atoms with Crippen molar-refractivity contribution in [3.8, 4) is 11.3 Å². The Hall–Kier alpha value is -3.06. The summed E-state index contributed by atoms with van der Waals surface area (Å²) in [5.74, 6) is -0.813. The molecule has 9 heteroatoms. The quantitative estimate of drug-likeness (QED) is 0.260. The zero-order chi connectivity index (χ0) is 24.2. The summed E-state index contributed by atoms with van der Waals surface area (Å²) in [7, 11) is -4.51. The van der Waals surface area contributed by atoms with Crippen LogP contribution in [0.5, 0.6) is 0 Å². The van der Waals surface area contributed by atoms with Crippen molar-refractivity contribution in [2.75, 3.05) is 5.32 Å². The highest BCUT2D eigenvalue weighted by molar-refractivity contribution is 7.53. The van der Waals surface area contributed by atoms with Gasteiger partial charge in [0.1, 0.15) is 5.82 Å². The van der Waals surface area contributed by atoms with Gasteiger partial charge in [-0.3, -0.25) is 14.5 Å². The third-order valence-corrected chi connectivity index (χ3v) is 7.92. The Bertz CT molecular complexity index is 1210. The van der Waals surface area contributed by atoms with E-state index in [4.69, 9.17) is 0 Å². The number of aromatic amines is 1. The van der Waals surface area contributed by atoms with E-state index in [1.165, 1.54) is 18.2 Å². The average Bonchev–Trinajstić information content (AvgIpc) is 3.14. The number of nitrogens with one attached hydrogen (secondary N) is 2. The molecule has 0 fully saturated rings. The van der Waals surface area contributed by atoms with Crippen LogP contribution in [0.2, 0.25) is 0 Å². The zero-order valence-electron chi connectivity index (χ0n) is 18.7. The van der Waals surface area contributed by atoms with Crippen LogP contribution in [0.4, 0.5) is 10.1 Å². The lowest BCUT2D eigenvalue weighted by Gasteiger charge is -2.34. The van der Waals surface area contributed by atoms with Gasteiger partial charge in [0.2, 0.25) is 5.91 Å². The molecule has 0 aliphatic rings. The van der Waals surface area contributed by atoms with Crippen molar-refractivity contribution >= 4 is 25.3 Å². The van der Waals surface area contributed by atoms with Gasteiger partial charge in [0.05, 0.1) is 10.9 Å². The molecule has 3 rings (SSSR count). The van der Waals surface area contributed by atoms with Crippen LogP contribution < -0.4 is 5.32 Å². The maximum absolute atomic E-state index is 13.3. The van der Waals surface area contributed by atoms with Gasteiger partial charge in [-0.15, -0.1) is 0 Å². The van der Waals surface area contributed by atoms with E-state index in [1.54, 1.807) is 56.3 Å². The standard InChI is InChI=1S/C24H27FN3O4P/c1-4-24(5-2,33(30,31)32)20-8-6-7-9-21(20)26-22(29)15-14-19-16(3)27-28-23(19)17-10-12-18(25)13-11-17/h6-15H,4-5H2,1-3H3,(H,26,29)(H,27,28)(H2,30,31,32)/b15-14+. The van der Waals surface area contributed by atoms with Gasteiger partial charge in [-0.1, -0.05) is 32.0 Å². The third-order valence-electron chi connectivity index (χ3n) is 5.93. The smallest absolute Gasteiger partial charge is 0.324 e. The van der Waals surface area contributed by atoms with E-state index in [-0.39, 0.29) is 18.7 Å². The Balaban J connectivity index is 1.90. The van der Waals surface area contributed by atoms with E-state index in [2.05, 4.69) is 15.5 Å². The second kappa shape index (κ2) is 9.83. The number of carbonyl (C=O) groups is 1. The van der Waals surface area contributed by atoms with Crippen molar-refractivity contribution in [2.45, 2.75) is 38.8 Å². The summed E-state index contributed by atoms with van der Waals surface area (Å²) in [6.07, 6.45) is 3.36. The molecule has 1 aromatic heterocycles. The van der Waals surface area contributed by atoms with E-state index >= 15 is 0 Å². The number of rotatable bonds is 8. The van der Waals surface area contributed by atoms with Gasteiger partial charge in [-0.2, -0.15) is 5.10 Å². The summed E-state index contributed by atoms with van der Waals surface area (Å²) in [6.45, 7) is 5.25. The molecule has 0 bridgehead atoms. The Labute approximate surface area is 191 Å². The SMILES string of the molecule is CCC(CC)(c1ccccc1NC(=O)/C=C/c1c(-c2ccc(F)cc2)n[nH]c1C)P(=O)(O)O. The predicted octanol–water partition coefficient (Wildman–Crippen LogP) is 5.37. The van der Waals surface area contributed by atoms with Crippen molar-refractivity contribution in [3.63, 3.8) is 0 Å². The second-order valence-corrected chi connectivity index (χ2v) is 9.71. The van der Waals surface area contributed by atoms with E-state index in [0.29, 0.717) is 28.1 Å². The van der Waals surface area contributed by atoms with Gasteiger partial charge in [-0.25, -0.2) is 4.39 Å². The number of carbonyl (C=O) groups excluding carboxylic acids is 1. The van der Waals surface area contributed by atoms with E-state index in [1.807, 2.05) is 6.92 Å². The fourth-order valence-corrected chi connectivity index (χ4v) is 5.33. The molecule has 0 atom stereocenters. The molecule has 4 N–H and O–H groups in total. The minimum absolute atomic E-state index is 0.214. The Morgan fingerprint density at radius 2 is 1.79 bits per heavy atom. The molecule has 7 nitrogen and oxygen atoms in total. The molecule has 0 spiro atoms. The minimum atomic E-state index is -4.51. The first kappa shape index (κ1) is 24.6. The van der Waals surface area contributed by atoms with Crippen LogP contribution in [0.3, 0.4) is 0 Å². The molecule has 1 heterocycles. The van der Waals surface area contributed by atoms with Crippen LogP contribution in [0, 0.1) is 12.7 Å². The number of H-pyrrole nitrogens is 1. The highest BCUT2D eigenvalue weighted by Crippen LogP contribution is 2.62. The lowest BCUT2D eigenvalue weighted by atomic mass is 9.91. The maximum atomic E-state index is 13.3. The largest absolute Gasteiger partial charge is 0.336 e. The second-order valence-electron chi connectivity index (χ2n) is 7.77. The molecule has 2 aromatic carbocycles. The molecule has 3 aromatic rings. The van der Waals surface area contributed by atoms with Crippen LogP contribution in [0.25, 0.3) is 17.3 Å². The number of amides is 1. The van der Waals surface area contributed by atoms with Crippen LogP contribution in [-0.4, -0.2) is 25.9 Å². The zero-order valence-corrected chi connectivity index (χ0v) is 19.6. The summed E-state index contributed by atoms with van der Waals surface area (Å²) in [5.41, 5.74) is 3.43. The molecule has 0 radical (unpaired) electrons. The first-order valence-electron chi connectivity index (χ1n) is 10.6. The number of aryl methyl sites for hydroxylation is 1. The number of halogens is 1. The molecule has 0 aliphatic carbocycles. The molecule has 1 amide bonds. The first-order valence-corrected chi connectivity index (χ1v) is 12.2. The number of para-hydroxylation sites is 1. The minimum Gasteiger partial charge on any atom is -0.324 e. The molecule has 0 aliphatic heterocycles. The van der Waals surface area contributed by atoms with E-state index in [0.717, 1.165) is 5.69 Å². The fourth-order valence-electron chi connectivity index (χ4n) is 4.00. The molecular weight excluding hydrogens is 444 g/mol. The van der Waals surface area contributed by atoms with Crippen molar-refractivity contribution < 1.29 is 23.5 Å². The van der Waals surface area contributed by atoms with Gasteiger partial charge in [0.15, 0.2) is 0 Å². The molecule has 33 heavy (non-hydrogen) atoms. The number of benzene rings is 2. The van der Waals surface area contributed by atoms with Gasteiger partial charge in [0, 0.05) is 28.6 Å². The van der Waals surface area contributed by atoms with Gasteiger partial charge in [0.25, 0.3) is 0 Å². The Kier molecular flexibility index (Phi) is 7.32. The number of hydrogen-bond acceptors (Lipinski definition) is 3. The van der Waals surface area contributed by atoms with E-state index < -0.39 is 18.7 Å². The summed E-state index contributed by atoms with van der Waals surface area (Å²) in [5, 5.41) is 8.49. The average molecular weight is 471 g/mol. The van der Waals surface area contributed by atoms with Crippen LogP contribution in [-0.2, 0) is 14.5 Å².